The summed E-state index contributed by atoms with van der Waals surface area (Å²) in [4.78, 5) is 10.3. The molecule has 4 atom stereocenters. The maximum absolute atomic E-state index is 10.3. The molecule has 0 aromatic heterocycles. The van der Waals surface area contributed by atoms with Gasteiger partial charge >= 0.3 is 5.97 Å². The lowest BCUT2D eigenvalue weighted by molar-refractivity contribution is -0.154. The summed E-state index contributed by atoms with van der Waals surface area (Å²) in [5, 5.41) is 43.8. The first-order valence-electron chi connectivity index (χ1n) is 3.79. The van der Waals surface area contributed by atoms with Crippen LogP contribution in [0.2, 0.25) is 0 Å². The highest BCUT2D eigenvalue weighted by Crippen LogP contribution is 2.12. The molecule has 0 aromatic carbocycles. The molecule has 0 rings (SSSR count). The van der Waals surface area contributed by atoms with Gasteiger partial charge in [-0.1, -0.05) is 6.92 Å². The molecule has 5 N–H and O–H groups in total. The first-order valence-corrected chi connectivity index (χ1v) is 3.79. The third kappa shape index (κ3) is 3.27. The van der Waals surface area contributed by atoms with E-state index in [1.165, 1.54) is 6.92 Å². The van der Waals surface area contributed by atoms with E-state index in [2.05, 4.69) is 0 Å². The van der Waals surface area contributed by atoms with Crippen molar-refractivity contribution in [2.75, 3.05) is 6.61 Å². The Labute approximate surface area is 75.1 Å². The molecule has 0 saturated heterocycles. The van der Waals surface area contributed by atoms with Crippen LogP contribution in [0.1, 0.15) is 6.92 Å². The van der Waals surface area contributed by atoms with Gasteiger partial charge in [0.15, 0.2) is 6.10 Å². The van der Waals surface area contributed by atoms with Gasteiger partial charge in [0.25, 0.3) is 0 Å². The third-order valence-corrected chi connectivity index (χ3v) is 1.87. The number of carboxylic acids is 1. The molecular weight excluding hydrogens is 180 g/mol. The molecule has 6 nitrogen and oxygen atoms in total. The molecule has 13 heavy (non-hydrogen) atoms. The number of aliphatic carboxylic acids is 1. The summed E-state index contributed by atoms with van der Waals surface area (Å²) in [6, 6.07) is 0. The van der Waals surface area contributed by atoms with Crippen molar-refractivity contribution in [3.05, 3.63) is 0 Å². The highest BCUT2D eigenvalue weighted by Gasteiger charge is 2.31. The number of aliphatic hydroxyl groups excluding tert-OH is 4. The summed E-state index contributed by atoms with van der Waals surface area (Å²) in [5.74, 6) is -2.52. The van der Waals surface area contributed by atoms with Gasteiger partial charge in [-0.15, -0.1) is 0 Å². The van der Waals surface area contributed by atoms with Crippen molar-refractivity contribution in [2.45, 2.75) is 25.2 Å². The van der Waals surface area contributed by atoms with Gasteiger partial charge in [0.2, 0.25) is 0 Å². The fourth-order valence-corrected chi connectivity index (χ4v) is 0.870. The molecule has 0 saturated carbocycles. The molecule has 78 valence electrons. The summed E-state index contributed by atoms with van der Waals surface area (Å²) in [6.45, 7) is 0.584. The largest absolute Gasteiger partial charge is 0.479 e. The van der Waals surface area contributed by atoms with Crippen LogP contribution >= 0.6 is 0 Å². The second-order valence-electron chi connectivity index (χ2n) is 2.88. The van der Waals surface area contributed by atoms with Gasteiger partial charge in [-0.05, 0) is 0 Å². The molecule has 0 spiro atoms. The monoisotopic (exact) mass is 194 g/mol. The van der Waals surface area contributed by atoms with Crippen LogP contribution in [0, 0.1) is 5.92 Å². The minimum Gasteiger partial charge on any atom is -0.479 e. The number of hydrogen-bond donors (Lipinski definition) is 5. The van der Waals surface area contributed by atoms with Crippen molar-refractivity contribution in [1.82, 2.24) is 0 Å². The molecule has 0 radical (unpaired) electrons. The lowest BCUT2D eigenvalue weighted by Crippen LogP contribution is -2.42. The second-order valence-corrected chi connectivity index (χ2v) is 2.88. The molecule has 0 aromatic rings. The molecule has 0 aliphatic rings. The van der Waals surface area contributed by atoms with Crippen LogP contribution in [-0.2, 0) is 4.79 Å². The minimum atomic E-state index is -1.75. The van der Waals surface area contributed by atoms with Crippen LogP contribution in [0.3, 0.4) is 0 Å². The van der Waals surface area contributed by atoms with Crippen LogP contribution < -0.4 is 0 Å². The van der Waals surface area contributed by atoms with Gasteiger partial charge in [-0.25, -0.2) is 4.79 Å². The lowest BCUT2D eigenvalue weighted by Gasteiger charge is -2.24. The first-order chi connectivity index (χ1) is 5.91. The highest BCUT2D eigenvalue weighted by molar-refractivity contribution is 5.72. The number of rotatable bonds is 5. The average molecular weight is 194 g/mol. The quantitative estimate of drug-likeness (QED) is 0.338. The van der Waals surface area contributed by atoms with Crippen LogP contribution in [0.4, 0.5) is 0 Å². The van der Waals surface area contributed by atoms with Crippen LogP contribution in [0.25, 0.3) is 0 Å². The normalized spacial score (nSPS) is 20.4. The van der Waals surface area contributed by atoms with Crippen molar-refractivity contribution < 1.29 is 30.3 Å². The van der Waals surface area contributed by atoms with E-state index >= 15 is 0 Å². The molecule has 0 amide bonds. The zero-order valence-corrected chi connectivity index (χ0v) is 7.16. The predicted octanol–water partition coefficient (Wildman–Crippen LogP) is -2.22. The second kappa shape index (κ2) is 5.13. The zero-order valence-electron chi connectivity index (χ0n) is 7.16. The van der Waals surface area contributed by atoms with E-state index in [1.807, 2.05) is 0 Å². The summed E-state index contributed by atoms with van der Waals surface area (Å²) in [7, 11) is 0. The van der Waals surface area contributed by atoms with Crippen molar-refractivity contribution in [3.8, 4) is 0 Å². The predicted molar refractivity (Wildman–Crippen MR) is 41.9 cm³/mol. The Morgan fingerprint density at radius 2 is 1.77 bits per heavy atom. The topological polar surface area (TPSA) is 118 Å². The van der Waals surface area contributed by atoms with Gasteiger partial charge in [0, 0.05) is 5.92 Å². The Morgan fingerprint density at radius 1 is 1.31 bits per heavy atom. The van der Waals surface area contributed by atoms with Crippen molar-refractivity contribution in [3.63, 3.8) is 0 Å². The van der Waals surface area contributed by atoms with E-state index in [4.69, 9.17) is 20.4 Å². The number of carbonyl (C=O) groups is 1. The van der Waals surface area contributed by atoms with Crippen molar-refractivity contribution in [2.24, 2.45) is 5.92 Å². The lowest BCUT2D eigenvalue weighted by atomic mass is 9.94. The maximum atomic E-state index is 10.3. The SMILES string of the molecule is CC(C(O)C(=O)O)C(O)C(O)CO. The van der Waals surface area contributed by atoms with Gasteiger partial charge in [-0.2, -0.15) is 0 Å². The van der Waals surface area contributed by atoms with E-state index in [1.54, 1.807) is 0 Å². The van der Waals surface area contributed by atoms with Crippen LogP contribution in [-0.4, -0.2) is 56.4 Å². The third-order valence-electron chi connectivity index (χ3n) is 1.87. The zero-order chi connectivity index (χ0) is 10.6. The van der Waals surface area contributed by atoms with Crippen molar-refractivity contribution in [1.29, 1.82) is 0 Å². The fraction of sp³-hybridized carbons (Fsp3) is 0.857. The van der Waals surface area contributed by atoms with Crippen LogP contribution in [0.15, 0.2) is 0 Å². The molecule has 6 heteroatoms. The standard InChI is InChI=1S/C7H14O6/c1-3(6(11)7(12)13)5(10)4(9)2-8/h3-6,8-11H,2H2,1H3,(H,12,13). The number of aliphatic hydroxyl groups is 4. The van der Waals surface area contributed by atoms with Crippen LogP contribution in [0.5, 0.6) is 0 Å². The highest BCUT2D eigenvalue weighted by atomic mass is 16.4. The van der Waals surface area contributed by atoms with E-state index in [-0.39, 0.29) is 0 Å². The summed E-state index contributed by atoms with van der Waals surface area (Å²) in [5.41, 5.74) is 0. The van der Waals surface area contributed by atoms with Gasteiger partial charge in [0.05, 0.1) is 12.7 Å². The van der Waals surface area contributed by atoms with E-state index in [0.29, 0.717) is 0 Å². The average Bonchev–Trinajstić information content (AvgIpc) is 2.12. The Kier molecular flexibility index (Phi) is 4.86. The molecule has 0 aliphatic carbocycles. The molecule has 0 bridgehead atoms. The smallest absolute Gasteiger partial charge is 0.332 e. The minimum absolute atomic E-state index is 0.683. The fourth-order valence-electron chi connectivity index (χ4n) is 0.870. The molecule has 0 fully saturated rings. The Hall–Kier alpha value is -0.690. The first kappa shape index (κ1) is 12.3. The summed E-state index contributed by atoms with van der Waals surface area (Å²) in [6.07, 6.45) is -4.66. The number of carboxylic acid groups (broad SMARTS) is 1. The molecule has 0 aliphatic heterocycles. The van der Waals surface area contributed by atoms with Gasteiger partial charge in [0.1, 0.15) is 6.10 Å². The van der Waals surface area contributed by atoms with Gasteiger partial charge < -0.3 is 25.5 Å². The van der Waals surface area contributed by atoms with Gasteiger partial charge in [-0.3, -0.25) is 0 Å². The van der Waals surface area contributed by atoms with E-state index in [9.17, 15) is 9.90 Å². The van der Waals surface area contributed by atoms with E-state index < -0.39 is 36.8 Å². The number of hydrogen-bond acceptors (Lipinski definition) is 5. The maximum Gasteiger partial charge on any atom is 0.332 e. The Bertz CT molecular complexity index is 170. The molecule has 0 heterocycles. The Morgan fingerprint density at radius 3 is 2.08 bits per heavy atom. The summed E-state index contributed by atoms with van der Waals surface area (Å²) >= 11 is 0. The molecule has 4 unspecified atom stereocenters. The van der Waals surface area contributed by atoms with Crippen molar-refractivity contribution >= 4 is 5.97 Å². The van der Waals surface area contributed by atoms with E-state index in [0.717, 1.165) is 0 Å². The molecular formula is C7H14O6. The Balaban J connectivity index is 4.24. The summed E-state index contributed by atoms with van der Waals surface area (Å²) < 4.78 is 0.